The second kappa shape index (κ2) is 11.4. The van der Waals surface area contributed by atoms with Gasteiger partial charge in [-0.3, -0.25) is 4.79 Å². The molecule has 7 heteroatoms. The number of amides is 1. The normalized spacial score (nSPS) is 10.7. The molecule has 0 unspecified atom stereocenters. The summed E-state index contributed by atoms with van der Waals surface area (Å²) in [5.74, 6) is 3.10. The first-order chi connectivity index (χ1) is 12.0. The first-order valence-electron chi connectivity index (χ1n) is 7.65. The van der Waals surface area contributed by atoms with Crippen LogP contribution in [0.3, 0.4) is 0 Å². The van der Waals surface area contributed by atoms with Crippen LogP contribution >= 0.6 is 62.7 Å². The molecule has 134 valence electrons. The molecular formula is C18H18BrCl2NOS2. The minimum Gasteiger partial charge on any atom is -0.355 e. The number of thioether (sulfide) groups is 2. The molecule has 2 aromatic rings. The Bertz CT molecular complexity index is 715. The predicted octanol–water partition coefficient (Wildman–Crippen LogP) is 6.04. The zero-order valence-corrected chi connectivity index (χ0v) is 18.2. The molecular weight excluding hydrogens is 461 g/mol. The molecule has 2 nitrogen and oxygen atoms in total. The number of carbonyl (C=O) groups excluding carboxylic acids is 1. The highest BCUT2D eigenvalue weighted by Crippen LogP contribution is 2.24. The van der Waals surface area contributed by atoms with Gasteiger partial charge in [0.25, 0.3) is 0 Å². The molecule has 2 rings (SSSR count). The van der Waals surface area contributed by atoms with Crippen LogP contribution in [-0.2, 0) is 16.3 Å². The number of carbonyl (C=O) groups is 1. The fourth-order valence-corrected chi connectivity index (χ4v) is 4.40. The number of hydrogen-bond acceptors (Lipinski definition) is 3. The van der Waals surface area contributed by atoms with Gasteiger partial charge in [-0.2, -0.15) is 11.8 Å². The van der Waals surface area contributed by atoms with E-state index in [1.165, 1.54) is 5.56 Å². The van der Waals surface area contributed by atoms with Crippen LogP contribution in [0.15, 0.2) is 46.9 Å². The van der Waals surface area contributed by atoms with E-state index < -0.39 is 0 Å². The van der Waals surface area contributed by atoms with Gasteiger partial charge in [0, 0.05) is 28.3 Å². The third kappa shape index (κ3) is 8.27. The molecule has 1 N–H and O–H groups in total. The van der Waals surface area contributed by atoms with Gasteiger partial charge in [-0.1, -0.05) is 57.3 Å². The van der Waals surface area contributed by atoms with Crippen molar-refractivity contribution in [3.63, 3.8) is 0 Å². The number of halogens is 3. The van der Waals surface area contributed by atoms with Gasteiger partial charge in [-0.05, 0) is 35.4 Å². The number of hydrogen-bond donors (Lipinski definition) is 1. The van der Waals surface area contributed by atoms with Gasteiger partial charge in [0.15, 0.2) is 0 Å². The fourth-order valence-electron chi connectivity index (χ4n) is 2.02. The fraction of sp³-hybridized carbons (Fsp3) is 0.278. The van der Waals surface area contributed by atoms with Crippen molar-refractivity contribution in [1.82, 2.24) is 5.32 Å². The Morgan fingerprint density at radius 1 is 1.00 bits per heavy atom. The third-order valence-electron chi connectivity index (χ3n) is 3.21. The van der Waals surface area contributed by atoms with Crippen LogP contribution in [0.1, 0.15) is 11.1 Å². The van der Waals surface area contributed by atoms with Gasteiger partial charge in [0.1, 0.15) is 0 Å². The van der Waals surface area contributed by atoms with E-state index in [-0.39, 0.29) is 5.91 Å². The molecule has 0 aromatic heterocycles. The van der Waals surface area contributed by atoms with Gasteiger partial charge in [0.2, 0.25) is 5.91 Å². The first-order valence-corrected chi connectivity index (χ1v) is 11.5. The minimum absolute atomic E-state index is 0.0788. The van der Waals surface area contributed by atoms with Crippen molar-refractivity contribution in [3.8, 4) is 0 Å². The lowest BCUT2D eigenvalue weighted by Crippen LogP contribution is -2.27. The van der Waals surface area contributed by atoms with Crippen LogP contribution in [0.5, 0.6) is 0 Å². The van der Waals surface area contributed by atoms with Crippen molar-refractivity contribution in [2.45, 2.75) is 11.5 Å². The smallest absolute Gasteiger partial charge is 0.230 e. The van der Waals surface area contributed by atoms with Crippen LogP contribution in [0, 0.1) is 0 Å². The highest BCUT2D eigenvalue weighted by Gasteiger charge is 2.03. The molecule has 0 radical (unpaired) electrons. The molecule has 0 saturated heterocycles. The van der Waals surface area contributed by atoms with E-state index in [2.05, 4.69) is 33.4 Å². The Kier molecular flexibility index (Phi) is 9.56. The van der Waals surface area contributed by atoms with Crippen LogP contribution in [-0.4, -0.2) is 24.0 Å². The van der Waals surface area contributed by atoms with Crippen molar-refractivity contribution in [2.75, 3.05) is 18.1 Å². The van der Waals surface area contributed by atoms with E-state index in [1.807, 2.05) is 30.3 Å². The molecule has 0 fully saturated rings. The van der Waals surface area contributed by atoms with Crippen molar-refractivity contribution in [2.24, 2.45) is 0 Å². The van der Waals surface area contributed by atoms with Crippen molar-refractivity contribution < 1.29 is 4.79 Å². The lowest BCUT2D eigenvalue weighted by molar-refractivity contribution is -0.118. The molecule has 0 bridgehead atoms. The Morgan fingerprint density at radius 3 is 2.52 bits per heavy atom. The molecule has 0 atom stereocenters. The molecule has 25 heavy (non-hydrogen) atoms. The summed E-state index contributed by atoms with van der Waals surface area (Å²) in [4.78, 5) is 11.8. The van der Waals surface area contributed by atoms with Gasteiger partial charge >= 0.3 is 0 Å². The standard InChI is InChI=1S/C18H18BrCl2NOS2/c19-15-3-1-2-13(8-15)11-25-12-18(23)22-6-7-24-10-14-4-5-16(20)17(21)9-14/h1-5,8-9H,6-7,10-12H2,(H,22,23). The Hall–Kier alpha value is -0.330. The summed E-state index contributed by atoms with van der Waals surface area (Å²) >= 11 is 18.7. The second-order valence-electron chi connectivity index (χ2n) is 5.27. The molecule has 0 aliphatic rings. The predicted molar refractivity (Wildman–Crippen MR) is 116 cm³/mol. The quantitative estimate of drug-likeness (QED) is 0.445. The average molecular weight is 479 g/mol. The van der Waals surface area contributed by atoms with Crippen molar-refractivity contribution >= 4 is 68.6 Å². The maximum Gasteiger partial charge on any atom is 0.230 e. The van der Waals surface area contributed by atoms with Crippen molar-refractivity contribution in [3.05, 3.63) is 68.1 Å². The maximum atomic E-state index is 11.8. The number of rotatable bonds is 9. The molecule has 0 spiro atoms. The summed E-state index contributed by atoms with van der Waals surface area (Å²) in [5, 5.41) is 4.10. The molecule has 1 amide bonds. The summed E-state index contributed by atoms with van der Waals surface area (Å²) in [7, 11) is 0. The highest BCUT2D eigenvalue weighted by atomic mass is 79.9. The monoisotopic (exact) mass is 477 g/mol. The molecule has 0 aliphatic heterocycles. The van der Waals surface area contributed by atoms with E-state index in [4.69, 9.17) is 23.2 Å². The molecule has 0 aliphatic carbocycles. The number of nitrogens with one attached hydrogen (secondary N) is 1. The zero-order valence-electron chi connectivity index (χ0n) is 13.4. The van der Waals surface area contributed by atoms with E-state index >= 15 is 0 Å². The summed E-state index contributed by atoms with van der Waals surface area (Å²) < 4.78 is 1.06. The van der Waals surface area contributed by atoms with Gasteiger partial charge < -0.3 is 5.32 Å². The zero-order chi connectivity index (χ0) is 18.1. The second-order valence-corrected chi connectivity index (χ2v) is 9.09. The Labute approximate surface area is 175 Å². The largest absolute Gasteiger partial charge is 0.355 e. The molecule has 0 heterocycles. The SMILES string of the molecule is O=C(CSCc1cccc(Br)c1)NCCSCc1ccc(Cl)c(Cl)c1. The summed E-state index contributed by atoms with van der Waals surface area (Å²) in [6.45, 7) is 0.669. The van der Waals surface area contributed by atoms with Crippen LogP contribution < -0.4 is 5.32 Å². The minimum atomic E-state index is 0.0788. The van der Waals surface area contributed by atoms with Crippen LogP contribution in [0.2, 0.25) is 10.0 Å². The van der Waals surface area contributed by atoms with E-state index in [1.54, 1.807) is 23.5 Å². The van der Waals surface area contributed by atoms with Crippen LogP contribution in [0.4, 0.5) is 0 Å². The van der Waals surface area contributed by atoms with Gasteiger partial charge in [-0.25, -0.2) is 0 Å². The first kappa shape index (κ1) is 21.0. The lowest BCUT2D eigenvalue weighted by Gasteiger charge is -2.06. The highest BCUT2D eigenvalue weighted by molar-refractivity contribution is 9.10. The van der Waals surface area contributed by atoms with E-state index in [0.29, 0.717) is 22.3 Å². The Morgan fingerprint density at radius 2 is 1.76 bits per heavy atom. The summed E-state index contributed by atoms with van der Waals surface area (Å²) in [6.07, 6.45) is 0. The van der Waals surface area contributed by atoms with E-state index in [9.17, 15) is 4.79 Å². The van der Waals surface area contributed by atoms with Gasteiger partial charge in [-0.15, -0.1) is 11.8 Å². The van der Waals surface area contributed by atoms with Crippen molar-refractivity contribution in [1.29, 1.82) is 0 Å². The summed E-state index contributed by atoms with van der Waals surface area (Å²) in [5.41, 5.74) is 2.35. The molecule has 2 aromatic carbocycles. The lowest BCUT2D eigenvalue weighted by atomic mass is 10.2. The summed E-state index contributed by atoms with van der Waals surface area (Å²) in [6, 6.07) is 13.8. The molecule has 0 saturated carbocycles. The third-order valence-corrected chi connectivity index (χ3v) is 6.48. The number of benzene rings is 2. The Balaban J connectivity index is 1.55. The average Bonchev–Trinajstić information content (AvgIpc) is 2.58. The topological polar surface area (TPSA) is 29.1 Å². The van der Waals surface area contributed by atoms with Crippen LogP contribution in [0.25, 0.3) is 0 Å². The maximum absolute atomic E-state index is 11.8. The van der Waals surface area contributed by atoms with E-state index in [0.717, 1.165) is 27.3 Å². The van der Waals surface area contributed by atoms with Gasteiger partial charge in [0.05, 0.1) is 15.8 Å².